The highest BCUT2D eigenvalue weighted by Crippen LogP contribution is 2.34. The zero-order valence-corrected chi connectivity index (χ0v) is 12.9. The van der Waals surface area contributed by atoms with Gasteiger partial charge in [0.15, 0.2) is 0 Å². The predicted octanol–water partition coefficient (Wildman–Crippen LogP) is -0.866. The molecule has 2 rings (SSSR count). The predicted molar refractivity (Wildman–Crippen MR) is 77.1 cm³/mol. The lowest BCUT2D eigenvalue weighted by Gasteiger charge is -2.14. The van der Waals surface area contributed by atoms with Gasteiger partial charge in [-0.25, -0.2) is 4.79 Å². The number of thioether (sulfide) groups is 1. The molecule has 2 unspecified atom stereocenters. The Morgan fingerprint density at radius 2 is 2.36 bits per heavy atom. The third kappa shape index (κ3) is 4.82. The molecule has 0 radical (unpaired) electrons. The van der Waals surface area contributed by atoms with Crippen molar-refractivity contribution in [1.29, 1.82) is 0 Å². The summed E-state index contributed by atoms with van der Waals surface area (Å²) >= 11 is 1.31. The monoisotopic (exact) mass is 351 g/mol. The van der Waals surface area contributed by atoms with Gasteiger partial charge in [0.25, 0.3) is 0 Å². The zero-order valence-electron chi connectivity index (χ0n) is 11.2. The fourth-order valence-corrected chi connectivity index (χ4v) is 3.11. The molecule has 2 atom stereocenters. The second-order valence-corrected chi connectivity index (χ2v) is 7.24. The van der Waals surface area contributed by atoms with Gasteiger partial charge in [0, 0.05) is 11.9 Å². The first kappa shape index (κ1) is 17.0. The van der Waals surface area contributed by atoms with E-state index in [1.54, 1.807) is 0 Å². The highest BCUT2D eigenvalue weighted by molar-refractivity contribution is 8.00. The van der Waals surface area contributed by atoms with Crippen LogP contribution in [0, 0.1) is 0 Å². The maximum absolute atomic E-state index is 11.7. The lowest BCUT2D eigenvalue weighted by Crippen LogP contribution is -2.29. The number of carbonyl (C=O) groups excluding carboxylic acids is 1. The van der Waals surface area contributed by atoms with Crippen molar-refractivity contribution in [2.75, 3.05) is 24.3 Å². The number of hydrogen-bond acceptors (Lipinski definition) is 8. The van der Waals surface area contributed by atoms with E-state index in [2.05, 4.69) is 4.98 Å². The van der Waals surface area contributed by atoms with Crippen LogP contribution in [0.15, 0.2) is 17.1 Å². The summed E-state index contributed by atoms with van der Waals surface area (Å²) in [6.45, 7) is -0.169. The Labute approximate surface area is 128 Å². The molecule has 22 heavy (non-hydrogen) atoms. The molecule has 0 saturated carbocycles. The second-order valence-electron chi connectivity index (χ2n) is 4.40. The molecule has 122 valence electrons. The Morgan fingerprint density at radius 3 is 3.00 bits per heavy atom. The van der Waals surface area contributed by atoms with Crippen LogP contribution < -0.4 is 11.4 Å². The summed E-state index contributed by atoms with van der Waals surface area (Å²) in [7, 11) is -4.44. The minimum atomic E-state index is -4.44. The van der Waals surface area contributed by atoms with Crippen molar-refractivity contribution >= 4 is 31.1 Å². The minimum absolute atomic E-state index is 0.106. The smallest absolute Gasteiger partial charge is 0.351 e. The number of anilines is 1. The topological polar surface area (TPSA) is 154 Å². The Balaban J connectivity index is 1.87. The van der Waals surface area contributed by atoms with Crippen molar-refractivity contribution in [3.63, 3.8) is 0 Å². The largest absolute Gasteiger partial charge is 0.461 e. The quantitative estimate of drug-likeness (QED) is 0.450. The minimum Gasteiger partial charge on any atom is -0.461 e. The van der Waals surface area contributed by atoms with Crippen LogP contribution in [0.1, 0.15) is 6.23 Å². The van der Waals surface area contributed by atoms with Crippen LogP contribution in [0.5, 0.6) is 0 Å². The van der Waals surface area contributed by atoms with Gasteiger partial charge in [0.1, 0.15) is 30.3 Å². The highest BCUT2D eigenvalue weighted by Gasteiger charge is 2.30. The molecular weight excluding hydrogens is 337 g/mol. The summed E-state index contributed by atoms with van der Waals surface area (Å²) < 4.78 is 22.2. The van der Waals surface area contributed by atoms with Crippen LogP contribution in [-0.4, -0.2) is 49.3 Å². The zero-order chi connectivity index (χ0) is 16.3. The Kier molecular flexibility index (Phi) is 5.24. The molecule has 1 aliphatic rings. The van der Waals surface area contributed by atoms with E-state index in [1.165, 1.54) is 28.6 Å². The van der Waals surface area contributed by atoms with Crippen LogP contribution in [0.4, 0.5) is 5.82 Å². The maximum atomic E-state index is 11.7. The third-order valence-corrected chi connectivity index (χ3v) is 4.38. The van der Waals surface area contributed by atoms with E-state index < -0.39 is 37.1 Å². The number of rotatable bonds is 5. The number of aromatic nitrogens is 2. The average molecular weight is 351 g/mol. The van der Waals surface area contributed by atoms with Gasteiger partial charge in [-0.05, 0) is 6.07 Å². The number of ether oxygens (including phenoxy) is 2. The van der Waals surface area contributed by atoms with E-state index in [-0.39, 0.29) is 12.4 Å². The van der Waals surface area contributed by atoms with E-state index in [1.807, 2.05) is 0 Å². The van der Waals surface area contributed by atoms with Crippen LogP contribution in [0.25, 0.3) is 0 Å². The molecule has 12 heteroatoms. The molecule has 1 fully saturated rings. The summed E-state index contributed by atoms with van der Waals surface area (Å²) in [6.07, 6.45) is -0.0937. The number of hydrogen-bond donors (Lipinski definition) is 3. The summed E-state index contributed by atoms with van der Waals surface area (Å²) in [5.41, 5.74) is 4.31. The number of nitrogens with zero attached hydrogens (tertiary/aromatic N) is 2. The number of carbonyl (C=O) groups is 1. The molecule has 0 bridgehead atoms. The summed E-state index contributed by atoms with van der Waals surface area (Å²) in [6, 6.07) is 1.46. The van der Waals surface area contributed by atoms with Crippen molar-refractivity contribution in [2.45, 2.75) is 11.7 Å². The van der Waals surface area contributed by atoms with E-state index in [4.69, 9.17) is 25.0 Å². The maximum Gasteiger partial charge on any atom is 0.351 e. The molecule has 0 amide bonds. The van der Waals surface area contributed by atoms with Crippen molar-refractivity contribution in [3.8, 4) is 0 Å². The standard InChI is InChI=1S/C10H14N3O7PS/c11-6-1-2-13(10(15)12-6)7-5-22-9(20-7)3-19-8(14)4-21(16,17)18/h1-2,7,9H,3-5H2,(H2,11,12,15)(H2,16,17,18). The Morgan fingerprint density at radius 1 is 1.64 bits per heavy atom. The number of nitrogens with two attached hydrogens (primary N) is 1. The first-order valence-corrected chi connectivity index (χ1v) is 8.91. The van der Waals surface area contributed by atoms with E-state index in [0.717, 1.165) is 0 Å². The van der Waals surface area contributed by atoms with E-state index in [9.17, 15) is 14.2 Å². The summed E-state index contributed by atoms with van der Waals surface area (Å²) in [4.78, 5) is 43.7. The van der Waals surface area contributed by atoms with E-state index in [0.29, 0.717) is 5.75 Å². The van der Waals surface area contributed by atoms with E-state index >= 15 is 0 Å². The van der Waals surface area contributed by atoms with Gasteiger partial charge in [-0.2, -0.15) is 4.98 Å². The van der Waals surface area contributed by atoms with Gasteiger partial charge >= 0.3 is 19.3 Å². The number of esters is 1. The summed E-state index contributed by atoms with van der Waals surface area (Å²) in [5.74, 6) is -0.464. The summed E-state index contributed by atoms with van der Waals surface area (Å²) in [5, 5.41) is 0. The normalized spacial score (nSPS) is 21.7. The third-order valence-electron chi connectivity index (χ3n) is 2.61. The SMILES string of the molecule is Nc1ccn(C2CSC(COC(=O)CP(=O)(O)O)O2)c(=O)n1. The molecule has 0 aromatic carbocycles. The molecule has 1 aromatic heterocycles. The Hall–Kier alpha value is -1.39. The Bertz CT molecular complexity index is 660. The van der Waals surface area contributed by atoms with Crippen LogP contribution in [-0.2, 0) is 18.8 Å². The van der Waals surface area contributed by atoms with Gasteiger partial charge in [-0.3, -0.25) is 13.9 Å². The molecular formula is C10H14N3O7PS. The molecule has 1 saturated heterocycles. The molecule has 1 aliphatic heterocycles. The molecule has 10 nitrogen and oxygen atoms in total. The van der Waals surface area contributed by atoms with Crippen molar-refractivity contribution < 1.29 is 28.6 Å². The second kappa shape index (κ2) is 6.80. The van der Waals surface area contributed by atoms with Gasteiger partial charge in [-0.1, -0.05) is 0 Å². The van der Waals surface area contributed by atoms with Crippen LogP contribution in [0.2, 0.25) is 0 Å². The molecule has 0 spiro atoms. The van der Waals surface area contributed by atoms with Gasteiger partial charge in [-0.15, -0.1) is 11.8 Å². The fraction of sp³-hybridized carbons (Fsp3) is 0.500. The lowest BCUT2D eigenvalue weighted by molar-refractivity contribution is -0.144. The lowest BCUT2D eigenvalue weighted by atomic mass is 10.5. The van der Waals surface area contributed by atoms with Gasteiger partial charge < -0.3 is 25.0 Å². The first-order chi connectivity index (χ1) is 10.2. The first-order valence-electron chi connectivity index (χ1n) is 6.06. The van der Waals surface area contributed by atoms with Crippen LogP contribution in [0.3, 0.4) is 0 Å². The number of nitrogen functional groups attached to an aromatic ring is 1. The molecule has 0 aliphatic carbocycles. The molecule has 4 N–H and O–H groups in total. The van der Waals surface area contributed by atoms with Crippen LogP contribution >= 0.6 is 19.4 Å². The highest BCUT2D eigenvalue weighted by atomic mass is 32.2. The van der Waals surface area contributed by atoms with Crippen molar-refractivity contribution in [1.82, 2.24) is 9.55 Å². The van der Waals surface area contributed by atoms with Crippen molar-refractivity contribution in [2.24, 2.45) is 0 Å². The van der Waals surface area contributed by atoms with Crippen molar-refractivity contribution in [3.05, 3.63) is 22.7 Å². The molecule has 2 heterocycles. The van der Waals surface area contributed by atoms with Gasteiger partial charge in [0.05, 0.1) is 0 Å². The molecule has 1 aromatic rings. The fourth-order valence-electron chi connectivity index (χ4n) is 1.70. The van der Waals surface area contributed by atoms with Gasteiger partial charge in [0.2, 0.25) is 0 Å². The average Bonchev–Trinajstić information content (AvgIpc) is 2.83.